The van der Waals surface area contributed by atoms with Gasteiger partial charge in [-0.05, 0) is 38.0 Å². The molecule has 0 saturated carbocycles. The average molecular weight is 321 g/mol. The van der Waals surface area contributed by atoms with E-state index in [1.807, 2.05) is 13.8 Å². The number of likely N-dealkylation sites (tertiary alicyclic amines) is 1. The number of carboxylic acid groups (broad SMARTS) is 1. The smallest absolute Gasteiger partial charge is 0.308 e. The van der Waals surface area contributed by atoms with Crippen molar-refractivity contribution in [3.05, 3.63) is 23.8 Å². The first kappa shape index (κ1) is 17.1. The quantitative estimate of drug-likeness (QED) is 0.834. The first-order valence-corrected chi connectivity index (χ1v) is 7.98. The van der Waals surface area contributed by atoms with Crippen LogP contribution < -0.4 is 9.47 Å². The normalized spacial score (nSPS) is 17.1. The van der Waals surface area contributed by atoms with Gasteiger partial charge in [0.05, 0.1) is 19.1 Å². The Hall–Kier alpha value is -2.24. The van der Waals surface area contributed by atoms with Gasteiger partial charge in [-0.2, -0.15) is 0 Å². The number of hydrogen-bond acceptors (Lipinski definition) is 4. The van der Waals surface area contributed by atoms with Crippen molar-refractivity contribution in [1.29, 1.82) is 0 Å². The van der Waals surface area contributed by atoms with E-state index in [0.29, 0.717) is 43.2 Å². The molecule has 1 heterocycles. The molecule has 1 aromatic carbocycles. The monoisotopic (exact) mass is 321 g/mol. The van der Waals surface area contributed by atoms with Crippen LogP contribution in [0.2, 0.25) is 0 Å². The van der Waals surface area contributed by atoms with Gasteiger partial charge in [0.15, 0.2) is 11.5 Å². The van der Waals surface area contributed by atoms with Crippen LogP contribution in [-0.4, -0.2) is 48.2 Å². The summed E-state index contributed by atoms with van der Waals surface area (Å²) in [7, 11) is 0. The van der Waals surface area contributed by atoms with Crippen LogP contribution in [0.15, 0.2) is 18.2 Å². The molecule has 1 saturated heterocycles. The lowest BCUT2D eigenvalue weighted by Gasteiger charge is -2.17. The lowest BCUT2D eigenvalue weighted by Crippen LogP contribution is -2.29. The van der Waals surface area contributed by atoms with E-state index in [4.69, 9.17) is 14.6 Å². The molecule has 0 aromatic heterocycles. The van der Waals surface area contributed by atoms with Crippen LogP contribution in [-0.2, 0) is 4.79 Å². The molecule has 6 heteroatoms. The Bertz CT molecular complexity index is 572. The summed E-state index contributed by atoms with van der Waals surface area (Å²) >= 11 is 0. The van der Waals surface area contributed by atoms with E-state index >= 15 is 0 Å². The van der Waals surface area contributed by atoms with Gasteiger partial charge in [0.2, 0.25) is 0 Å². The lowest BCUT2D eigenvalue weighted by atomic mass is 10.1. The Kier molecular flexibility index (Phi) is 5.84. The summed E-state index contributed by atoms with van der Waals surface area (Å²) in [5.41, 5.74) is 0.489. The maximum atomic E-state index is 12.5. The van der Waals surface area contributed by atoms with Crippen molar-refractivity contribution >= 4 is 11.9 Å². The van der Waals surface area contributed by atoms with Gasteiger partial charge in [0.1, 0.15) is 0 Å². The number of ether oxygens (including phenoxy) is 2. The van der Waals surface area contributed by atoms with Crippen molar-refractivity contribution < 1.29 is 24.2 Å². The zero-order chi connectivity index (χ0) is 16.8. The molecular formula is C17H23NO5. The van der Waals surface area contributed by atoms with Gasteiger partial charge in [-0.25, -0.2) is 0 Å². The fourth-order valence-electron chi connectivity index (χ4n) is 2.57. The molecule has 0 radical (unpaired) electrons. The SMILES string of the molecule is CCCOc1ccc(C(=O)N2CCC(C(=O)O)C2)cc1OCC. The standard InChI is InChI=1S/C17H23NO5/c1-3-9-23-14-6-5-12(10-15(14)22-4-2)16(19)18-8-7-13(11-18)17(20)21/h5-6,10,13H,3-4,7-9,11H2,1-2H3,(H,20,21). The van der Waals surface area contributed by atoms with Crippen molar-refractivity contribution in [3.8, 4) is 11.5 Å². The minimum atomic E-state index is -0.849. The number of benzene rings is 1. The summed E-state index contributed by atoms with van der Waals surface area (Å²) in [4.78, 5) is 25.1. The summed E-state index contributed by atoms with van der Waals surface area (Å²) in [5, 5.41) is 9.04. The van der Waals surface area contributed by atoms with Crippen LogP contribution in [0.1, 0.15) is 37.0 Å². The van der Waals surface area contributed by atoms with Gasteiger partial charge in [0.25, 0.3) is 5.91 Å². The summed E-state index contributed by atoms with van der Waals surface area (Å²) in [6.45, 7) is 5.67. The van der Waals surface area contributed by atoms with Crippen LogP contribution >= 0.6 is 0 Å². The number of hydrogen-bond donors (Lipinski definition) is 1. The highest BCUT2D eigenvalue weighted by Gasteiger charge is 2.31. The molecule has 0 bridgehead atoms. The zero-order valence-electron chi connectivity index (χ0n) is 13.6. The Morgan fingerprint density at radius 1 is 1.26 bits per heavy atom. The Balaban J connectivity index is 2.14. The molecule has 0 spiro atoms. The third-order valence-electron chi connectivity index (χ3n) is 3.78. The molecule has 1 aliphatic heterocycles. The molecule has 2 rings (SSSR count). The van der Waals surface area contributed by atoms with Crippen molar-refractivity contribution in [2.24, 2.45) is 5.92 Å². The van der Waals surface area contributed by atoms with Crippen molar-refractivity contribution in [3.63, 3.8) is 0 Å². The van der Waals surface area contributed by atoms with Gasteiger partial charge in [0, 0.05) is 18.7 Å². The Morgan fingerprint density at radius 2 is 2.04 bits per heavy atom. The van der Waals surface area contributed by atoms with Gasteiger partial charge in [-0.15, -0.1) is 0 Å². The van der Waals surface area contributed by atoms with Crippen molar-refractivity contribution in [2.45, 2.75) is 26.7 Å². The molecule has 6 nitrogen and oxygen atoms in total. The Labute approximate surface area is 136 Å². The number of carboxylic acids is 1. The van der Waals surface area contributed by atoms with E-state index in [1.54, 1.807) is 23.1 Å². The van der Waals surface area contributed by atoms with Gasteiger partial charge >= 0.3 is 5.97 Å². The first-order chi connectivity index (χ1) is 11.1. The van der Waals surface area contributed by atoms with Crippen LogP contribution in [0.25, 0.3) is 0 Å². The summed E-state index contributed by atoms with van der Waals surface area (Å²) < 4.78 is 11.2. The molecule has 1 N–H and O–H groups in total. The summed E-state index contributed by atoms with van der Waals surface area (Å²) in [6, 6.07) is 5.10. The number of amides is 1. The van der Waals surface area contributed by atoms with Gasteiger partial charge < -0.3 is 19.5 Å². The number of carbonyl (C=O) groups excluding carboxylic acids is 1. The Morgan fingerprint density at radius 3 is 2.65 bits per heavy atom. The van der Waals surface area contributed by atoms with E-state index in [9.17, 15) is 9.59 Å². The predicted molar refractivity (Wildman–Crippen MR) is 85.0 cm³/mol. The first-order valence-electron chi connectivity index (χ1n) is 7.98. The summed E-state index contributed by atoms with van der Waals surface area (Å²) in [5.74, 6) is -0.330. The van der Waals surface area contributed by atoms with Gasteiger partial charge in [-0.1, -0.05) is 6.92 Å². The molecular weight excluding hydrogens is 298 g/mol. The van der Waals surface area contributed by atoms with E-state index in [0.717, 1.165) is 6.42 Å². The van der Waals surface area contributed by atoms with Gasteiger partial charge in [-0.3, -0.25) is 9.59 Å². The summed E-state index contributed by atoms with van der Waals surface area (Å²) in [6.07, 6.45) is 1.38. The highest BCUT2D eigenvalue weighted by molar-refractivity contribution is 5.95. The molecule has 1 aromatic rings. The molecule has 1 aliphatic rings. The van der Waals surface area contributed by atoms with Crippen LogP contribution in [0, 0.1) is 5.92 Å². The lowest BCUT2D eigenvalue weighted by molar-refractivity contribution is -0.141. The molecule has 126 valence electrons. The van der Waals surface area contributed by atoms with E-state index in [2.05, 4.69) is 0 Å². The topological polar surface area (TPSA) is 76.1 Å². The van der Waals surface area contributed by atoms with E-state index in [1.165, 1.54) is 0 Å². The minimum absolute atomic E-state index is 0.170. The van der Waals surface area contributed by atoms with Crippen LogP contribution in [0.3, 0.4) is 0 Å². The average Bonchev–Trinajstić information content (AvgIpc) is 3.03. The van der Waals surface area contributed by atoms with Crippen LogP contribution in [0.5, 0.6) is 11.5 Å². The maximum Gasteiger partial charge on any atom is 0.308 e. The predicted octanol–water partition coefficient (Wildman–Crippen LogP) is 2.42. The number of rotatable bonds is 7. The maximum absolute atomic E-state index is 12.5. The second-order valence-corrected chi connectivity index (χ2v) is 5.52. The number of nitrogens with zero attached hydrogens (tertiary/aromatic N) is 1. The van der Waals surface area contributed by atoms with Crippen molar-refractivity contribution in [1.82, 2.24) is 4.90 Å². The second kappa shape index (κ2) is 7.85. The highest BCUT2D eigenvalue weighted by atomic mass is 16.5. The third kappa shape index (κ3) is 4.15. The molecule has 1 unspecified atom stereocenters. The molecule has 1 fully saturated rings. The molecule has 1 atom stereocenters. The molecule has 1 amide bonds. The number of carbonyl (C=O) groups is 2. The van der Waals surface area contributed by atoms with E-state index in [-0.39, 0.29) is 12.5 Å². The largest absolute Gasteiger partial charge is 0.490 e. The van der Waals surface area contributed by atoms with E-state index < -0.39 is 11.9 Å². The number of aliphatic carboxylic acids is 1. The van der Waals surface area contributed by atoms with Crippen LogP contribution in [0.4, 0.5) is 0 Å². The third-order valence-corrected chi connectivity index (χ3v) is 3.78. The fourth-order valence-corrected chi connectivity index (χ4v) is 2.57. The molecule has 23 heavy (non-hydrogen) atoms. The van der Waals surface area contributed by atoms with Crippen molar-refractivity contribution in [2.75, 3.05) is 26.3 Å². The molecule has 0 aliphatic carbocycles. The zero-order valence-corrected chi connectivity index (χ0v) is 13.6. The minimum Gasteiger partial charge on any atom is -0.490 e. The second-order valence-electron chi connectivity index (χ2n) is 5.52. The fraction of sp³-hybridized carbons (Fsp3) is 0.529. The highest BCUT2D eigenvalue weighted by Crippen LogP contribution is 2.30.